The Morgan fingerprint density at radius 2 is 1.84 bits per heavy atom. The Morgan fingerprint density at radius 1 is 1.12 bits per heavy atom. The molecule has 2 aromatic rings. The Balaban J connectivity index is 1.87. The van der Waals surface area contributed by atoms with Gasteiger partial charge in [0.15, 0.2) is 0 Å². The quantitative estimate of drug-likeness (QED) is 0.784. The van der Waals surface area contributed by atoms with Gasteiger partial charge in [0.2, 0.25) is 5.91 Å². The Kier molecular flexibility index (Phi) is 6.07. The molecular formula is C19H20F3NO2. The molecule has 0 saturated heterocycles. The van der Waals surface area contributed by atoms with Gasteiger partial charge in [0.1, 0.15) is 12.4 Å². The third-order valence-corrected chi connectivity index (χ3v) is 3.81. The molecule has 0 saturated carbocycles. The third-order valence-electron chi connectivity index (χ3n) is 3.81. The van der Waals surface area contributed by atoms with E-state index in [0.29, 0.717) is 18.7 Å². The van der Waals surface area contributed by atoms with Crippen LogP contribution in [0.5, 0.6) is 5.75 Å². The molecule has 134 valence electrons. The number of hydrogen-bond donors (Lipinski definition) is 0. The number of likely N-dealkylation sites (N-methyl/N-ethyl adjacent to an activating group) is 1. The van der Waals surface area contributed by atoms with Crippen molar-refractivity contribution in [2.45, 2.75) is 19.5 Å². The number of ether oxygens (including phenoxy) is 1. The number of alkyl halides is 3. The molecule has 0 radical (unpaired) electrons. The second-order valence-corrected chi connectivity index (χ2v) is 5.80. The van der Waals surface area contributed by atoms with E-state index in [2.05, 4.69) is 0 Å². The fourth-order valence-corrected chi connectivity index (χ4v) is 2.30. The molecule has 0 bridgehead atoms. The number of hydrogen-bond acceptors (Lipinski definition) is 2. The van der Waals surface area contributed by atoms with Crippen molar-refractivity contribution in [1.29, 1.82) is 0 Å². The number of aryl methyl sites for hydroxylation is 1. The zero-order valence-electron chi connectivity index (χ0n) is 14.1. The lowest BCUT2D eigenvalue weighted by Gasteiger charge is -2.18. The lowest BCUT2D eigenvalue weighted by molar-refractivity contribution is -0.137. The SMILES string of the molecule is Cc1ccccc1OCCN(C)C(=O)Cc1cccc(C(F)(F)F)c1. The van der Waals surface area contributed by atoms with E-state index in [1.165, 1.54) is 17.0 Å². The zero-order chi connectivity index (χ0) is 18.4. The van der Waals surface area contributed by atoms with Crippen molar-refractivity contribution in [3.05, 3.63) is 65.2 Å². The summed E-state index contributed by atoms with van der Waals surface area (Å²) in [7, 11) is 1.61. The van der Waals surface area contributed by atoms with Crippen LogP contribution < -0.4 is 4.74 Å². The van der Waals surface area contributed by atoms with Gasteiger partial charge in [-0.1, -0.05) is 36.4 Å². The summed E-state index contributed by atoms with van der Waals surface area (Å²) >= 11 is 0. The lowest BCUT2D eigenvalue weighted by atomic mass is 10.1. The van der Waals surface area contributed by atoms with Gasteiger partial charge in [-0.05, 0) is 30.2 Å². The number of halogens is 3. The molecule has 0 heterocycles. The molecule has 0 atom stereocenters. The standard InChI is InChI=1S/C19H20F3NO2/c1-14-6-3-4-9-17(14)25-11-10-23(2)18(24)13-15-7-5-8-16(12-15)19(20,21)22/h3-9,12H,10-11,13H2,1-2H3. The van der Waals surface area contributed by atoms with Crippen LogP contribution in [0.4, 0.5) is 13.2 Å². The summed E-state index contributed by atoms with van der Waals surface area (Å²) in [5, 5.41) is 0. The number of carbonyl (C=O) groups excluding carboxylic acids is 1. The predicted molar refractivity (Wildman–Crippen MR) is 89.5 cm³/mol. The van der Waals surface area contributed by atoms with Crippen molar-refractivity contribution >= 4 is 5.91 Å². The summed E-state index contributed by atoms with van der Waals surface area (Å²) in [4.78, 5) is 13.6. The minimum atomic E-state index is -4.41. The highest BCUT2D eigenvalue weighted by Crippen LogP contribution is 2.29. The minimum absolute atomic E-state index is 0.0786. The highest BCUT2D eigenvalue weighted by Gasteiger charge is 2.30. The number of rotatable bonds is 6. The van der Waals surface area contributed by atoms with Crippen LogP contribution in [-0.2, 0) is 17.4 Å². The smallest absolute Gasteiger partial charge is 0.416 e. The number of nitrogens with zero attached hydrogens (tertiary/aromatic N) is 1. The zero-order valence-corrected chi connectivity index (χ0v) is 14.1. The molecule has 0 spiro atoms. The fourth-order valence-electron chi connectivity index (χ4n) is 2.30. The third kappa shape index (κ3) is 5.52. The lowest BCUT2D eigenvalue weighted by Crippen LogP contribution is -2.32. The summed E-state index contributed by atoms with van der Waals surface area (Å²) in [5.41, 5.74) is 0.593. The van der Waals surface area contributed by atoms with Crippen LogP contribution in [0, 0.1) is 6.92 Å². The average Bonchev–Trinajstić information content (AvgIpc) is 2.56. The maximum absolute atomic E-state index is 12.7. The molecule has 1 amide bonds. The summed E-state index contributed by atoms with van der Waals surface area (Å²) in [6.07, 6.45) is -4.49. The van der Waals surface area contributed by atoms with Gasteiger partial charge in [0.05, 0.1) is 18.5 Å². The summed E-state index contributed by atoms with van der Waals surface area (Å²) in [6, 6.07) is 12.4. The molecule has 2 rings (SSSR count). The van der Waals surface area contributed by atoms with Crippen molar-refractivity contribution in [1.82, 2.24) is 4.90 Å². The molecule has 0 unspecified atom stereocenters. The van der Waals surface area contributed by atoms with E-state index in [4.69, 9.17) is 4.74 Å². The first-order valence-corrected chi connectivity index (χ1v) is 7.86. The number of para-hydroxylation sites is 1. The normalized spacial score (nSPS) is 11.2. The molecule has 25 heavy (non-hydrogen) atoms. The molecule has 0 aromatic heterocycles. The summed E-state index contributed by atoms with van der Waals surface area (Å²) in [6.45, 7) is 2.60. The molecule has 0 aliphatic heterocycles. The van der Waals surface area contributed by atoms with Crippen molar-refractivity contribution in [3.63, 3.8) is 0 Å². The van der Waals surface area contributed by atoms with Gasteiger partial charge in [-0.2, -0.15) is 13.2 Å². The summed E-state index contributed by atoms with van der Waals surface area (Å²) < 4.78 is 43.8. The van der Waals surface area contributed by atoms with Crippen molar-refractivity contribution in [2.24, 2.45) is 0 Å². The average molecular weight is 351 g/mol. The monoisotopic (exact) mass is 351 g/mol. The minimum Gasteiger partial charge on any atom is -0.491 e. The molecular weight excluding hydrogens is 331 g/mol. The van der Waals surface area contributed by atoms with E-state index >= 15 is 0 Å². The van der Waals surface area contributed by atoms with Gasteiger partial charge in [-0.25, -0.2) is 0 Å². The van der Waals surface area contributed by atoms with Crippen molar-refractivity contribution in [3.8, 4) is 5.75 Å². The highest BCUT2D eigenvalue weighted by atomic mass is 19.4. The van der Waals surface area contributed by atoms with Crippen LogP contribution in [0.3, 0.4) is 0 Å². The fraction of sp³-hybridized carbons (Fsp3) is 0.316. The molecule has 3 nitrogen and oxygen atoms in total. The predicted octanol–water partition coefficient (Wildman–Crippen LogP) is 4.09. The first-order valence-electron chi connectivity index (χ1n) is 7.86. The Bertz CT molecular complexity index is 729. The van der Waals surface area contributed by atoms with E-state index in [0.717, 1.165) is 23.4 Å². The van der Waals surface area contributed by atoms with E-state index in [9.17, 15) is 18.0 Å². The second kappa shape index (κ2) is 8.05. The van der Waals surface area contributed by atoms with Crippen LogP contribution in [0.1, 0.15) is 16.7 Å². The van der Waals surface area contributed by atoms with Crippen LogP contribution in [0.15, 0.2) is 48.5 Å². The maximum atomic E-state index is 12.7. The van der Waals surface area contributed by atoms with Crippen LogP contribution in [0.2, 0.25) is 0 Å². The number of carbonyl (C=O) groups is 1. The van der Waals surface area contributed by atoms with E-state index < -0.39 is 11.7 Å². The largest absolute Gasteiger partial charge is 0.491 e. The Hall–Kier alpha value is -2.50. The molecule has 6 heteroatoms. The van der Waals surface area contributed by atoms with Crippen LogP contribution in [-0.4, -0.2) is 31.0 Å². The molecule has 0 fully saturated rings. The van der Waals surface area contributed by atoms with Crippen molar-refractivity contribution in [2.75, 3.05) is 20.2 Å². The summed E-state index contributed by atoms with van der Waals surface area (Å²) in [5.74, 6) is 0.494. The van der Waals surface area contributed by atoms with Gasteiger partial charge in [-0.3, -0.25) is 4.79 Å². The molecule has 0 aliphatic rings. The van der Waals surface area contributed by atoms with Crippen LogP contribution >= 0.6 is 0 Å². The van der Waals surface area contributed by atoms with Gasteiger partial charge >= 0.3 is 6.18 Å². The van der Waals surface area contributed by atoms with E-state index in [1.807, 2.05) is 31.2 Å². The van der Waals surface area contributed by atoms with Gasteiger partial charge < -0.3 is 9.64 Å². The van der Waals surface area contributed by atoms with Crippen molar-refractivity contribution < 1.29 is 22.7 Å². The number of amides is 1. The highest BCUT2D eigenvalue weighted by molar-refractivity contribution is 5.78. The molecule has 0 N–H and O–H groups in total. The van der Waals surface area contributed by atoms with Gasteiger partial charge in [-0.15, -0.1) is 0 Å². The van der Waals surface area contributed by atoms with E-state index in [-0.39, 0.29) is 12.3 Å². The van der Waals surface area contributed by atoms with E-state index in [1.54, 1.807) is 7.05 Å². The second-order valence-electron chi connectivity index (χ2n) is 5.80. The molecule has 0 aliphatic carbocycles. The first kappa shape index (κ1) is 18.8. The Morgan fingerprint density at radius 3 is 2.52 bits per heavy atom. The van der Waals surface area contributed by atoms with Crippen LogP contribution in [0.25, 0.3) is 0 Å². The maximum Gasteiger partial charge on any atom is 0.416 e. The van der Waals surface area contributed by atoms with Gasteiger partial charge in [0.25, 0.3) is 0 Å². The first-order chi connectivity index (χ1) is 11.8. The Labute approximate surface area is 145 Å². The molecule has 2 aromatic carbocycles. The topological polar surface area (TPSA) is 29.5 Å². The van der Waals surface area contributed by atoms with Gasteiger partial charge in [0, 0.05) is 7.05 Å². The number of benzene rings is 2.